The van der Waals surface area contributed by atoms with Crippen LogP contribution >= 0.6 is 0 Å². The Morgan fingerprint density at radius 2 is 2.00 bits per heavy atom. The van der Waals surface area contributed by atoms with E-state index in [1.807, 2.05) is 0 Å². The van der Waals surface area contributed by atoms with Crippen LogP contribution in [0.25, 0.3) is 0 Å². The lowest BCUT2D eigenvalue weighted by Crippen LogP contribution is -2.42. The molecule has 1 aliphatic heterocycles. The molecule has 0 spiro atoms. The van der Waals surface area contributed by atoms with Crippen LogP contribution in [0.5, 0.6) is 0 Å². The fourth-order valence-electron chi connectivity index (χ4n) is 2.67. The molecule has 0 saturated carbocycles. The molecule has 1 unspecified atom stereocenters. The van der Waals surface area contributed by atoms with Crippen molar-refractivity contribution >= 4 is 11.5 Å². The minimum atomic E-state index is -4.25. The van der Waals surface area contributed by atoms with E-state index >= 15 is 0 Å². The van der Waals surface area contributed by atoms with E-state index in [4.69, 9.17) is 0 Å². The first-order valence-electron chi connectivity index (χ1n) is 6.83. The van der Waals surface area contributed by atoms with Crippen LogP contribution in [0.3, 0.4) is 0 Å². The summed E-state index contributed by atoms with van der Waals surface area (Å²) in [4.78, 5) is 13.2. The van der Waals surface area contributed by atoms with E-state index in [1.54, 1.807) is 4.90 Å². The van der Waals surface area contributed by atoms with Crippen molar-refractivity contribution in [2.75, 3.05) is 18.0 Å². The monoisotopic (exact) mass is 303 g/mol. The van der Waals surface area contributed by atoms with Gasteiger partial charge in [-0.25, -0.2) is 4.39 Å². The Hall–Kier alpha value is -1.59. The van der Waals surface area contributed by atoms with Crippen LogP contribution in [0.4, 0.5) is 23.2 Å². The zero-order chi connectivity index (χ0) is 15.8. The minimum absolute atomic E-state index is 0.0928. The Bertz CT molecular complexity index is 553. The van der Waals surface area contributed by atoms with E-state index in [0.717, 1.165) is 6.07 Å². The van der Waals surface area contributed by atoms with Gasteiger partial charge in [-0.3, -0.25) is 4.79 Å². The van der Waals surface area contributed by atoms with Gasteiger partial charge in [0.15, 0.2) is 5.78 Å². The van der Waals surface area contributed by atoms with Gasteiger partial charge < -0.3 is 4.90 Å². The van der Waals surface area contributed by atoms with Crippen molar-refractivity contribution < 1.29 is 22.4 Å². The maximum atomic E-state index is 13.6. The predicted molar refractivity (Wildman–Crippen MR) is 72.1 cm³/mol. The molecule has 1 aliphatic rings. The van der Waals surface area contributed by atoms with Gasteiger partial charge in [0.2, 0.25) is 0 Å². The molecule has 0 aliphatic carbocycles. The summed E-state index contributed by atoms with van der Waals surface area (Å²) in [5, 5.41) is 0. The van der Waals surface area contributed by atoms with Gasteiger partial charge in [-0.05, 0) is 44.4 Å². The van der Waals surface area contributed by atoms with Crippen molar-refractivity contribution in [2.24, 2.45) is 5.92 Å². The summed E-state index contributed by atoms with van der Waals surface area (Å²) in [6.07, 6.45) is -3.75. The summed E-state index contributed by atoms with van der Waals surface area (Å²) in [6, 6.07) is 2.58. The molecule has 0 bridgehead atoms. The number of carbonyl (C=O) groups excluding carboxylic acids is 1. The van der Waals surface area contributed by atoms with E-state index < -0.39 is 17.9 Å². The number of anilines is 1. The lowest BCUT2D eigenvalue weighted by atomic mass is 9.95. The molecule has 2 nitrogen and oxygen atoms in total. The van der Waals surface area contributed by atoms with Crippen molar-refractivity contribution in [2.45, 2.75) is 32.9 Å². The molecular weight excluding hydrogens is 286 g/mol. The number of Topliss-reactive ketones (excluding diaryl/α,β-unsaturated/α-hetero) is 1. The van der Waals surface area contributed by atoms with Crippen molar-refractivity contribution in [1.29, 1.82) is 0 Å². The molecule has 1 aromatic rings. The van der Waals surface area contributed by atoms with Gasteiger partial charge in [-0.2, -0.15) is 13.2 Å². The third-order valence-electron chi connectivity index (χ3n) is 3.88. The maximum absolute atomic E-state index is 13.6. The molecule has 21 heavy (non-hydrogen) atoms. The Kier molecular flexibility index (Phi) is 4.25. The molecule has 6 heteroatoms. The number of nitrogens with zero attached hydrogens (tertiary/aromatic N) is 1. The number of piperidine rings is 1. The van der Waals surface area contributed by atoms with Crippen LogP contribution in [-0.4, -0.2) is 25.0 Å². The zero-order valence-electron chi connectivity index (χ0n) is 11.9. The topological polar surface area (TPSA) is 20.3 Å². The highest BCUT2D eigenvalue weighted by Crippen LogP contribution is 2.36. The number of benzene rings is 1. The summed E-state index contributed by atoms with van der Waals surface area (Å²) in [6.45, 7) is 3.08. The Morgan fingerprint density at radius 3 is 2.57 bits per heavy atom. The average molecular weight is 303 g/mol. The number of hydrogen-bond acceptors (Lipinski definition) is 2. The maximum Gasteiger partial charge on any atom is 0.393 e. The third kappa shape index (κ3) is 3.36. The smallest absolute Gasteiger partial charge is 0.370 e. The third-order valence-corrected chi connectivity index (χ3v) is 3.88. The average Bonchev–Trinajstić information content (AvgIpc) is 2.40. The SMILES string of the molecule is CC(=O)c1cc(F)c(C)cc1N1CCCC(C(F)(F)F)C1. The van der Waals surface area contributed by atoms with Crippen LogP contribution in [0.2, 0.25) is 0 Å². The van der Waals surface area contributed by atoms with E-state index in [-0.39, 0.29) is 24.3 Å². The molecule has 0 N–H and O–H groups in total. The Balaban J connectivity index is 2.37. The molecular formula is C15H17F4NO. The lowest BCUT2D eigenvalue weighted by molar-refractivity contribution is -0.175. The number of rotatable bonds is 2. The molecule has 0 radical (unpaired) electrons. The highest BCUT2D eigenvalue weighted by molar-refractivity contribution is 6.00. The number of hydrogen-bond donors (Lipinski definition) is 0. The summed E-state index contributed by atoms with van der Waals surface area (Å²) < 4.78 is 52.2. The standard InChI is InChI=1S/C15H17F4NO/c1-9-6-14(12(10(2)21)7-13(9)16)20-5-3-4-11(8-20)15(17,18)19/h6-7,11H,3-5,8H2,1-2H3. The zero-order valence-corrected chi connectivity index (χ0v) is 11.9. The summed E-state index contributed by atoms with van der Waals surface area (Å²) in [5.74, 6) is -2.28. The quantitative estimate of drug-likeness (QED) is 0.605. The number of halogens is 4. The highest BCUT2D eigenvalue weighted by Gasteiger charge is 2.42. The van der Waals surface area contributed by atoms with Gasteiger partial charge in [-0.1, -0.05) is 0 Å². The van der Waals surface area contributed by atoms with E-state index in [0.29, 0.717) is 24.2 Å². The fourth-order valence-corrected chi connectivity index (χ4v) is 2.67. The van der Waals surface area contributed by atoms with Crippen molar-refractivity contribution in [1.82, 2.24) is 0 Å². The van der Waals surface area contributed by atoms with E-state index in [1.165, 1.54) is 19.9 Å². The first-order valence-corrected chi connectivity index (χ1v) is 6.83. The molecule has 1 saturated heterocycles. The summed E-state index contributed by atoms with van der Waals surface area (Å²) >= 11 is 0. The summed E-state index contributed by atoms with van der Waals surface area (Å²) in [5.41, 5.74) is 0.861. The number of alkyl halides is 3. The molecule has 0 aromatic heterocycles. The van der Waals surface area contributed by atoms with Gasteiger partial charge in [0.1, 0.15) is 5.82 Å². The fraction of sp³-hybridized carbons (Fsp3) is 0.533. The first kappa shape index (κ1) is 15.8. The number of carbonyl (C=O) groups is 1. The molecule has 0 amide bonds. The van der Waals surface area contributed by atoms with Crippen molar-refractivity contribution in [3.05, 3.63) is 29.1 Å². The van der Waals surface area contributed by atoms with Gasteiger partial charge >= 0.3 is 6.18 Å². The molecule has 2 rings (SSSR count). The van der Waals surface area contributed by atoms with Crippen molar-refractivity contribution in [3.8, 4) is 0 Å². The molecule has 1 atom stereocenters. The second kappa shape index (κ2) is 5.66. The lowest BCUT2D eigenvalue weighted by Gasteiger charge is -2.36. The van der Waals surface area contributed by atoms with Gasteiger partial charge in [0.25, 0.3) is 0 Å². The van der Waals surface area contributed by atoms with Gasteiger partial charge in [0, 0.05) is 24.3 Å². The molecule has 1 fully saturated rings. The van der Waals surface area contributed by atoms with Gasteiger partial charge in [0.05, 0.1) is 5.92 Å². The second-order valence-corrected chi connectivity index (χ2v) is 5.50. The molecule has 116 valence electrons. The van der Waals surface area contributed by atoms with Crippen LogP contribution in [0.15, 0.2) is 12.1 Å². The van der Waals surface area contributed by atoms with E-state index in [2.05, 4.69) is 0 Å². The minimum Gasteiger partial charge on any atom is -0.370 e. The molecule has 1 aromatic carbocycles. The highest BCUT2D eigenvalue weighted by atomic mass is 19.4. The van der Waals surface area contributed by atoms with Crippen molar-refractivity contribution in [3.63, 3.8) is 0 Å². The first-order chi connectivity index (χ1) is 9.70. The van der Waals surface area contributed by atoms with Crippen LogP contribution in [0.1, 0.15) is 35.7 Å². The predicted octanol–water partition coefficient (Wildman–Crippen LogP) is 4.12. The Labute approximate surface area is 120 Å². The number of ketones is 1. The van der Waals surface area contributed by atoms with E-state index in [9.17, 15) is 22.4 Å². The second-order valence-electron chi connectivity index (χ2n) is 5.50. The normalized spacial score (nSPS) is 19.7. The largest absolute Gasteiger partial charge is 0.393 e. The molecule has 1 heterocycles. The van der Waals surface area contributed by atoms with Gasteiger partial charge in [-0.15, -0.1) is 0 Å². The Morgan fingerprint density at radius 1 is 1.33 bits per heavy atom. The van der Waals surface area contributed by atoms with Crippen LogP contribution in [0, 0.1) is 18.7 Å². The summed E-state index contributed by atoms with van der Waals surface area (Å²) in [7, 11) is 0. The van der Waals surface area contributed by atoms with Crippen LogP contribution in [-0.2, 0) is 0 Å². The number of aryl methyl sites for hydroxylation is 1. The van der Waals surface area contributed by atoms with Crippen LogP contribution < -0.4 is 4.90 Å².